The molecule has 0 atom stereocenters. The minimum atomic E-state index is -0.407. The molecule has 8 heteroatoms. The lowest BCUT2D eigenvalue weighted by Crippen LogP contribution is -2.33. The van der Waals surface area contributed by atoms with E-state index < -0.39 is 5.91 Å². The van der Waals surface area contributed by atoms with Crippen molar-refractivity contribution in [3.05, 3.63) is 29.0 Å². The summed E-state index contributed by atoms with van der Waals surface area (Å²) in [5, 5.41) is 11.3. The Kier molecular flexibility index (Phi) is 3.83. The van der Waals surface area contributed by atoms with Crippen LogP contribution in [0, 0.1) is 20.8 Å². The first-order valence-electron chi connectivity index (χ1n) is 6.00. The van der Waals surface area contributed by atoms with Crippen molar-refractivity contribution < 1.29 is 14.0 Å². The standard InChI is InChI=1S/C12H15N5O3/c1-6-4-9(7(2)20-6)11(19)13-5-10(18)15-12-14-8(3)16-17-12/h4H,5H2,1-3H3,(H,13,19)(H2,14,15,16,17,18). The third-order valence-corrected chi connectivity index (χ3v) is 2.54. The second-order valence-corrected chi connectivity index (χ2v) is 4.30. The maximum Gasteiger partial charge on any atom is 0.255 e. The quantitative estimate of drug-likeness (QED) is 0.761. The van der Waals surface area contributed by atoms with Gasteiger partial charge in [0.25, 0.3) is 5.91 Å². The molecule has 0 spiro atoms. The van der Waals surface area contributed by atoms with Gasteiger partial charge in [0.1, 0.15) is 17.3 Å². The number of hydrogen-bond donors (Lipinski definition) is 3. The molecule has 20 heavy (non-hydrogen) atoms. The number of carbonyl (C=O) groups is 2. The van der Waals surface area contributed by atoms with Crippen molar-refractivity contribution >= 4 is 17.8 Å². The summed E-state index contributed by atoms with van der Waals surface area (Å²) >= 11 is 0. The van der Waals surface area contributed by atoms with Crippen LogP contribution < -0.4 is 10.6 Å². The third-order valence-electron chi connectivity index (χ3n) is 2.54. The minimum absolute atomic E-state index is 0.171. The van der Waals surface area contributed by atoms with Gasteiger partial charge in [-0.2, -0.15) is 4.98 Å². The summed E-state index contributed by atoms with van der Waals surface area (Å²) < 4.78 is 5.26. The molecule has 2 amide bonds. The van der Waals surface area contributed by atoms with Gasteiger partial charge >= 0.3 is 0 Å². The molecule has 0 aliphatic carbocycles. The molecular formula is C12H15N5O3. The Morgan fingerprint density at radius 3 is 2.65 bits per heavy atom. The predicted octanol–water partition coefficient (Wildman–Crippen LogP) is 0.691. The molecule has 2 heterocycles. The fourth-order valence-corrected chi connectivity index (χ4v) is 1.68. The molecule has 3 N–H and O–H groups in total. The molecule has 0 saturated carbocycles. The molecule has 0 saturated heterocycles. The van der Waals surface area contributed by atoms with E-state index >= 15 is 0 Å². The number of amides is 2. The molecule has 0 fully saturated rings. The first kappa shape index (κ1) is 13.8. The molecule has 106 valence electrons. The largest absolute Gasteiger partial charge is 0.466 e. The number of aromatic nitrogens is 3. The van der Waals surface area contributed by atoms with Crippen LogP contribution in [0.4, 0.5) is 5.95 Å². The summed E-state index contributed by atoms with van der Waals surface area (Å²) in [7, 11) is 0. The topological polar surface area (TPSA) is 113 Å². The highest BCUT2D eigenvalue weighted by Crippen LogP contribution is 2.13. The SMILES string of the molecule is Cc1nc(NC(=O)CNC(=O)c2cc(C)oc2C)n[nH]1. The molecule has 0 aliphatic rings. The number of aryl methyl sites for hydroxylation is 3. The van der Waals surface area contributed by atoms with Crippen molar-refractivity contribution in [1.29, 1.82) is 0 Å². The number of hydrogen-bond acceptors (Lipinski definition) is 5. The van der Waals surface area contributed by atoms with Gasteiger partial charge in [0.05, 0.1) is 12.1 Å². The highest BCUT2D eigenvalue weighted by atomic mass is 16.3. The van der Waals surface area contributed by atoms with Crippen LogP contribution in [-0.2, 0) is 4.79 Å². The lowest BCUT2D eigenvalue weighted by molar-refractivity contribution is -0.115. The number of aromatic amines is 1. The van der Waals surface area contributed by atoms with Crippen molar-refractivity contribution in [3.8, 4) is 0 Å². The van der Waals surface area contributed by atoms with E-state index in [0.29, 0.717) is 22.9 Å². The Hall–Kier alpha value is -2.64. The zero-order chi connectivity index (χ0) is 14.7. The van der Waals surface area contributed by atoms with E-state index in [4.69, 9.17) is 4.42 Å². The lowest BCUT2D eigenvalue weighted by atomic mass is 10.2. The average molecular weight is 277 g/mol. The van der Waals surface area contributed by atoms with Crippen molar-refractivity contribution in [2.24, 2.45) is 0 Å². The van der Waals surface area contributed by atoms with Crippen LogP contribution in [0.1, 0.15) is 27.7 Å². The molecule has 2 rings (SSSR count). The van der Waals surface area contributed by atoms with E-state index in [9.17, 15) is 9.59 Å². The fraction of sp³-hybridized carbons (Fsp3) is 0.333. The second kappa shape index (κ2) is 5.55. The van der Waals surface area contributed by atoms with Crippen LogP contribution in [0.15, 0.2) is 10.5 Å². The van der Waals surface area contributed by atoms with Gasteiger partial charge in [-0.1, -0.05) is 0 Å². The van der Waals surface area contributed by atoms with E-state index in [1.165, 1.54) is 0 Å². The Labute approximate surface area is 115 Å². The number of rotatable bonds is 4. The maximum absolute atomic E-state index is 11.9. The Balaban J connectivity index is 1.87. The zero-order valence-corrected chi connectivity index (χ0v) is 11.4. The number of anilines is 1. The number of nitrogens with one attached hydrogen (secondary N) is 3. The van der Waals surface area contributed by atoms with Gasteiger partial charge in [-0.25, -0.2) is 0 Å². The second-order valence-electron chi connectivity index (χ2n) is 4.30. The highest BCUT2D eigenvalue weighted by Gasteiger charge is 2.14. The predicted molar refractivity (Wildman–Crippen MR) is 70.3 cm³/mol. The molecule has 0 bridgehead atoms. The van der Waals surface area contributed by atoms with E-state index in [-0.39, 0.29) is 18.4 Å². The van der Waals surface area contributed by atoms with E-state index in [2.05, 4.69) is 25.8 Å². The van der Waals surface area contributed by atoms with E-state index in [0.717, 1.165) is 0 Å². The first-order valence-corrected chi connectivity index (χ1v) is 6.00. The summed E-state index contributed by atoms with van der Waals surface area (Å²) in [6.45, 7) is 4.99. The van der Waals surface area contributed by atoms with Gasteiger partial charge in [0.2, 0.25) is 11.9 Å². The highest BCUT2D eigenvalue weighted by molar-refractivity contribution is 5.99. The minimum Gasteiger partial charge on any atom is -0.466 e. The molecule has 0 radical (unpaired) electrons. The Morgan fingerprint density at radius 1 is 1.35 bits per heavy atom. The summed E-state index contributed by atoms with van der Waals surface area (Å²) in [5.74, 6) is 1.17. The van der Waals surface area contributed by atoms with E-state index in [1.54, 1.807) is 26.8 Å². The van der Waals surface area contributed by atoms with Crippen LogP contribution in [0.25, 0.3) is 0 Å². The van der Waals surface area contributed by atoms with Crippen molar-refractivity contribution in [3.63, 3.8) is 0 Å². The first-order chi connectivity index (χ1) is 9.45. The number of H-pyrrole nitrogens is 1. The summed E-state index contributed by atoms with van der Waals surface area (Å²) in [6, 6.07) is 1.63. The average Bonchev–Trinajstić information content (AvgIpc) is 2.92. The molecule has 2 aromatic rings. The summed E-state index contributed by atoms with van der Waals surface area (Å²) in [5.41, 5.74) is 0.420. The molecule has 0 aliphatic heterocycles. The molecule has 2 aromatic heterocycles. The van der Waals surface area contributed by atoms with Gasteiger partial charge in [-0.05, 0) is 26.8 Å². The maximum atomic E-state index is 11.9. The Morgan fingerprint density at radius 2 is 2.10 bits per heavy atom. The number of carbonyl (C=O) groups excluding carboxylic acids is 2. The Bertz CT molecular complexity index is 643. The van der Waals surface area contributed by atoms with Crippen molar-refractivity contribution in [2.75, 3.05) is 11.9 Å². The van der Waals surface area contributed by atoms with Gasteiger partial charge < -0.3 is 9.73 Å². The van der Waals surface area contributed by atoms with Crippen molar-refractivity contribution in [1.82, 2.24) is 20.5 Å². The monoisotopic (exact) mass is 277 g/mol. The number of nitrogens with zero attached hydrogens (tertiary/aromatic N) is 2. The van der Waals surface area contributed by atoms with Gasteiger partial charge in [-0.15, -0.1) is 5.10 Å². The van der Waals surface area contributed by atoms with Crippen LogP contribution in [0.5, 0.6) is 0 Å². The molecule has 8 nitrogen and oxygen atoms in total. The van der Waals surface area contributed by atoms with Crippen LogP contribution >= 0.6 is 0 Å². The number of furan rings is 1. The van der Waals surface area contributed by atoms with Crippen molar-refractivity contribution in [2.45, 2.75) is 20.8 Å². The van der Waals surface area contributed by atoms with Crippen LogP contribution in [0.3, 0.4) is 0 Å². The van der Waals surface area contributed by atoms with Gasteiger partial charge in [0, 0.05) is 0 Å². The fourth-order valence-electron chi connectivity index (χ4n) is 1.68. The van der Waals surface area contributed by atoms with E-state index in [1.807, 2.05) is 0 Å². The van der Waals surface area contributed by atoms with Gasteiger partial charge in [0.15, 0.2) is 0 Å². The van der Waals surface area contributed by atoms with Gasteiger partial charge in [-0.3, -0.25) is 20.0 Å². The molecule has 0 unspecified atom stereocenters. The summed E-state index contributed by atoms with van der Waals surface area (Å²) in [4.78, 5) is 27.4. The zero-order valence-electron chi connectivity index (χ0n) is 11.4. The summed E-state index contributed by atoms with van der Waals surface area (Å²) in [6.07, 6.45) is 0. The third kappa shape index (κ3) is 3.22. The smallest absolute Gasteiger partial charge is 0.255 e. The normalized spacial score (nSPS) is 10.3. The lowest BCUT2D eigenvalue weighted by Gasteiger charge is -2.03. The van der Waals surface area contributed by atoms with Crippen LogP contribution in [0.2, 0.25) is 0 Å². The molecule has 0 aromatic carbocycles. The van der Waals surface area contributed by atoms with Crippen LogP contribution in [-0.4, -0.2) is 33.5 Å². The molecular weight excluding hydrogens is 262 g/mol.